The zero-order valence-electron chi connectivity index (χ0n) is 15.1. The molecule has 27 heavy (non-hydrogen) atoms. The summed E-state index contributed by atoms with van der Waals surface area (Å²) >= 11 is 0. The molecule has 1 fully saturated rings. The number of benzene rings is 1. The molecule has 0 saturated heterocycles. The van der Waals surface area contributed by atoms with E-state index in [2.05, 4.69) is 15.5 Å². The van der Waals surface area contributed by atoms with E-state index in [0.717, 1.165) is 37.3 Å². The SMILES string of the molecule is Cc1c(N[C@@H]2CCCC[C@H]2O)nnc(-c2ccc(C(F)(F)F)cc2O)c1C. The van der Waals surface area contributed by atoms with Crippen molar-refractivity contribution < 1.29 is 23.4 Å². The topological polar surface area (TPSA) is 78.3 Å². The molecule has 0 spiro atoms. The summed E-state index contributed by atoms with van der Waals surface area (Å²) in [6.45, 7) is 3.60. The van der Waals surface area contributed by atoms with Crippen LogP contribution in [0.15, 0.2) is 18.2 Å². The van der Waals surface area contributed by atoms with Gasteiger partial charge < -0.3 is 15.5 Å². The summed E-state index contributed by atoms with van der Waals surface area (Å²) in [5.41, 5.74) is 1.08. The lowest BCUT2D eigenvalue weighted by Gasteiger charge is -2.29. The van der Waals surface area contributed by atoms with Gasteiger partial charge in [0.1, 0.15) is 5.75 Å². The van der Waals surface area contributed by atoms with Crippen LogP contribution in [-0.4, -0.2) is 32.6 Å². The van der Waals surface area contributed by atoms with Gasteiger partial charge in [0.2, 0.25) is 0 Å². The second-order valence-corrected chi connectivity index (χ2v) is 6.98. The maximum absolute atomic E-state index is 12.8. The van der Waals surface area contributed by atoms with Crippen LogP contribution < -0.4 is 5.32 Å². The third kappa shape index (κ3) is 4.00. The number of phenols is 1. The molecule has 1 aromatic heterocycles. The number of hydrogen-bond donors (Lipinski definition) is 3. The van der Waals surface area contributed by atoms with Gasteiger partial charge >= 0.3 is 6.18 Å². The Morgan fingerprint density at radius 2 is 1.78 bits per heavy atom. The minimum atomic E-state index is -4.53. The Balaban J connectivity index is 1.91. The second kappa shape index (κ2) is 7.34. The van der Waals surface area contributed by atoms with Crippen molar-refractivity contribution in [1.82, 2.24) is 10.2 Å². The molecule has 1 saturated carbocycles. The predicted octanol–water partition coefficient (Wildman–Crippen LogP) is 4.20. The standard InChI is InChI=1S/C19H22F3N3O2/c1-10-11(2)18(23-14-5-3-4-6-15(14)26)25-24-17(10)13-8-7-12(9-16(13)27)19(20,21)22/h7-9,14-15,26-27H,3-6H2,1-2H3,(H,23,25)/t14-,15-/m1/s1. The number of nitrogens with one attached hydrogen (secondary N) is 1. The zero-order valence-corrected chi connectivity index (χ0v) is 15.1. The maximum atomic E-state index is 12.8. The number of rotatable bonds is 3. The number of aliphatic hydroxyl groups is 1. The van der Waals surface area contributed by atoms with Crippen LogP contribution in [0, 0.1) is 13.8 Å². The third-order valence-corrected chi connectivity index (χ3v) is 5.15. The number of nitrogens with zero attached hydrogens (tertiary/aromatic N) is 2. The van der Waals surface area contributed by atoms with Crippen LogP contribution >= 0.6 is 0 Å². The highest BCUT2D eigenvalue weighted by molar-refractivity contribution is 5.72. The smallest absolute Gasteiger partial charge is 0.416 e. The molecule has 2 aromatic rings. The van der Waals surface area contributed by atoms with Gasteiger partial charge in [-0.15, -0.1) is 10.2 Å². The molecular weight excluding hydrogens is 359 g/mol. The number of aromatic nitrogens is 2. The molecular formula is C19H22F3N3O2. The minimum absolute atomic E-state index is 0.100. The van der Waals surface area contributed by atoms with Gasteiger partial charge in [-0.1, -0.05) is 12.8 Å². The number of aliphatic hydroxyl groups excluding tert-OH is 1. The first-order valence-corrected chi connectivity index (χ1v) is 8.87. The molecule has 3 rings (SSSR count). The molecule has 2 atom stereocenters. The predicted molar refractivity (Wildman–Crippen MR) is 95.5 cm³/mol. The highest BCUT2D eigenvalue weighted by Crippen LogP contribution is 2.37. The molecule has 0 aliphatic heterocycles. The molecule has 3 N–H and O–H groups in total. The van der Waals surface area contributed by atoms with Gasteiger partial charge in [-0.25, -0.2) is 0 Å². The Kier molecular flexibility index (Phi) is 5.28. The number of hydrogen-bond acceptors (Lipinski definition) is 5. The molecule has 8 heteroatoms. The molecule has 1 aliphatic rings. The van der Waals surface area contributed by atoms with Crippen LogP contribution in [0.25, 0.3) is 11.3 Å². The third-order valence-electron chi connectivity index (χ3n) is 5.15. The molecule has 1 aromatic carbocycles. The fourth-order valence-corrected chi connectivity index (χ4v) is 3.36. The Bertz CT molecular complexity index is 840. The van der Waals surface area contributed by atoms with Crippen molar-refractivity contribution in [2.45, 2.75) is 57.9 Å². The highest BCUT2D eigenvalue weighted by Gasteiger charge is 2.31. The van der Waals surface area contributed by atoms with Crippen molar-refractivity contribution in [3.8, 4) is 17.0 Å². The number of halogens is 3. The van der Waals surface area contributed by atoms with Crippen molar-refractivity contribution >= 4 is 5.82 Å². The molecule has 146 valence electrons. The monoisotopic (exact) mass is 381 g/mol. The van der Waals surface area contributed by atoms with Crippen LogP contribution in [0.5, 0.6) is 5.75 Å². The van der Waals surface area contributed by atoms with Crippen molar-refractivity contribution in [2.24, 2.45) is 0 Å². The molecule has 5 nitrogen and oxygen atoms in total. The number of alkyl halides is 3. The number of aromatic hydroxyl groups is 1. The second-order valence-electron chi connectivity index (χ2n) is 6.98. The van der Waals surface area contributed by atoms with E-state index in [0.29, 0.717) is 23.1 Å². The van der Waals surface area contributed by atoms with Crippen molar-refractivity contribution in [3.05, 3.63) is 34.9 Å². The lowest BCUT2D eigenvalue weighted by molar-refractivity contribution is -0.137. The van der Waals surface area contributed by atoms with Gasteiger partial charge in [-0.3, -0.25) is 0 Å². The van der Waals surface area contributed by atoms with Crippen molar-refractivity contribution in [3.63, 3.8) is 0 Å². The molecule has 0 amide bonds. The van der Waals surface area contributed by atoms with Crippen LogP contribution in [0.1, 0.15) is 42.4 Å². The first-order chi connectivity index (χ1) is 12.7. The maximum Gasteiger partial charge on any atom is 0.416 e. The minimum Gasteiger partial charge on any atom is -0.507 e. The summed E-state index contributed by atoms with van der Waals surface area (Å²) < 4.78 is 38.4. The summed E-state index contributed by atoms with van der Waals surface area (Å²) in [5.74, 6) is 0.0404. The van der Waals surface area contributed by atoms with E-state index in [9.17, 15) is 23.4 Å². The van der Waals surface area contributed by atoms with Gasteiger partial charge in [0.15, 0.2) is 5.82 Å². The van der Waals surface area contributed by atoms with Crippen LogP contribution in [0.2, 0.25) is 0 Å². The van der Waals surface area contributed by atoms with E-state index in [-0.39, 0.29) is 11.6 Å². The summed E-state index contributed by atoms with van der Waals surface area (Å²) in [5, 5.41) is 31.7. The highest BCUT2D eigenvalue weighted by atomic mass is 19.4. The van der Waals surface area contributed by atoms with Crippen LogP contribution in [0.4, 0.5) is 19.0 Å². The molecule has 1 heterocycles. The average Bonchev–Trinajstić information content (AvgIpc) is 2.60. The van der Waals surface area contributed by atoms with E-state index in [4.69, 9.17) is 0 Å². The first-order valence-electron chi connectivity index (χ1n) is 8.87. The zero-order chi connectivity index (χ0) is 19.8. The lowest BCUT2D eigenvalue weighted by Crippen LogP contribution is -2.36. The summed E-state index contributed by atoms with van der Waals surface area (Å²) in [6.07, 6.45) is -1.38. The Morgan fingerprint density at radius 3 is 2.41 bits per heavy atom. The van der Waals surface area contributed by atoms with Crippen LogP contribution in [0.3, 0.4) is 0 Å². The summed E-state index contributed by atoms with van der Waals surface area (Å²) in [6, 6.07) is 2.70. The molecule has 0 bridgehead atoms. The molecule has 0 radical (unpaired) electrons. The van der Waals surface area contributed by atoms with E-state index >= 15 is 0 Å². The molecule has 0 unspecified atom stereocenters. The van der Waals surface area contributed by atoms with Gasteiger partial charge in [0.05, 0.1) is 23.4 Å². The Morgan fingerprint density at radius 1 is 1.07 bits per heavy atom. The summed E-state index contributed by atoms with van der Waals surface area (Å²) in [7, 11) is 0. The largest absolute Gasteiger partial charge is 0.507 e. The molecule has 1 aliphatic carbocycles. The fraction of sp³-hybridized carbons (Fsp3) is 0.474. The van der Waals surface area contributed by atoms with Gasteiger partial charge in [0, 0.05) is 5.56 Å². The number of phenolic OH excluding ortho intramolecular Hbond substituents is 1. The average molecular weight is 381 g/mol. The first kappa shape index (κ1) is 19.4. The Labute approximate surface area is 155 Å². The normalized spacial score (nSPS) is 20.5. The van der Waals surface area contributed by atoms with Crippen LogP contribution in [-0.2, 0) is 6.18 Å². The van der Waals surface area contributed by atoms with E-state index in [1.54, 1.807) is 6.92 Å². The van der Waals surface area contributed by atoms with Crippen molar-refractivity contribution in [2.75, 3.05) is 5.32 Å². The lowest BCUT2D eigenvalue weighted by atomic mass is 9.92. The van der Waals surface area contributed by atoms with Gasteiger partial charge in [-0.05, 0) is 56.0 Å². The quantitative estimate of drug-likeness (QED) is 0.743. The fourth-order valence-electron chi connectivity index (χ4n) is 3.36. The van der Waals surface area contributed by atoms with Crippen molar-refractivity contribution in [1.29, 1.82) is 0 Å². The van der Waals surface area contributed by atoms with E-state index in [1.165, 1.54) is 6.07 Å². The number of anilines is 1. The van der Waals surface area contributed by atoms with E-state index in [1.807, 2.05) is 6.92 Å². The Hall–Kier alpha value is -2.35. The van der Waals surface area contributed by atoms with E-state index < -0.39 is 23.6 Å². The summed E-state index contributed by atoms with van der Waals surface area (Å²) in [4.78, 5) is 0. The van der Waals surface area contributed by atoms with Gasteiger partial charge in [0.25, 0.3) is 0 Å². The van der Waals surface area contributed by atoms with Gasteiger partial charge in [-0.2, -0.15) is 13.2 Å².